The lowest BCUT2D eigenvalue weighted by atomic mass is 10.1. The maximum absolute atomic E-state index is 6.41. The van der Waals surface area contributed by atoms with Gasteiger partial charge in [0.05, 0.1) is 17.7 Å². The average molecular weight is 312 g/mol. The summed E-state index contributed by atoms with van der Waals surface area (Å²) in [5.74, 6) is 0.397. The van der Waals surface area contributed by atoms with E-state index in [1.54, 1.807) is 0 Å². The minimum atomic E-state index is -0.484. The molecule has 3 rings (SSSR count). The standard InChI is InChI=1S/C15H22ClN3O2/c1-15(2)20-10-12(21-15)7-11-8-13(16)14(18-9-11)19-5-3-17-4-6-19/h8-9,12,17H,3-7,10H2,1-2H3/t12-/m1/s1. The van der Waals surface area contributed by atoms with Crippen molar-refractivity contribution in [3.05, 3.63) is 22.8 Å². The fraction of sp³-hybridized carbons (Fsp3) is 0.667. The van der Waals surface area contributed by atoms with Crippen LogP contribution in [0.25, 0.3) is 0 Å². The van der Waals surface area contributed by atoms with Gasteiger partial charge < -0.3 is 19.7 Å². The first-order chi connectivity index (χ1) is 10.0. The fourth-order valence-corrected chi connectivity index (χ4v) is 3.13. The van der Waals surface area contributed by atoms with E-state index < -0.39 is 5.79 Å². The lowest BCUT2D eigenvalue weighted by Crippen LogP contribution is -2.44. The Hall–Kier alpha value is -0.880. The highest BCUT2D eigenvalue weighted by atomic mass is 35.5. The zero-order chi connectivity index (χ0) is 14.9. The molecule has 116 valence electrons. The number of rotatable bonds is 3. The Balaban J connectivity index is 1.66. The van der Waals surface area contributed by atoms with Gasteiger partial charge in [0.15, 0.2) is 5.79 Å². The number of nitrogens with zero attached hydrogens (tertiary/aromatic N) is 2. The number of ether oxygens (including phenoxy) is 2. The Labute approximate surface area is 130 Å². The van der Waals surface area contributed by atoms with Gasteiger partial charge in [0.25, 0.3) is 0 Å². The van der Waals surface area contributed by atoms with Gasteiger partial charge in [-0.15, -0.1) is 0 Å². The van der Waals surface area contributed by atoms with Crippen LogP contribution in [0, 0.1) is 0 Å². The molecule has 0 aromatic carbocycles. The summed E-state index contributed by atoms with van der Waals surface area (Å²) < 4.78 is 11.4. The number of hydrogen-bond donors (Lipinski definition) is 1. The van der Waals surface area contributed by atoms with Crippen LogP contribution in [0.5, 0.6) is 0 Å². The van der Waals surface area contributed by atoms with Crippen LogP contribution in [0.15, 0.2) is 12.3 Å². The summed E-state index contributed by atoms with van der Waals surface area (Å²) in [6.45, 7) is 8.32. The Bertz CT molecular complexity index is 504. The van der Waals surface area contributed by atoms with E-state index in [0.717, 1.165) is 44.0 Å². The maximum Gasteiger partial charge on any atom is 0.163 e. The third-order valence-electron chi connectivity index (χ3n) is 3.83. The molecule has 1 aromatic heterocycles. The van der Waals surface area contributed by atoms with Crippen molar-refractivity contribution >= 4 is 17.4 Å². The van der Waals surface area contributed by atoms with Gasteiger partial charge in [-0.25, -0.2) is 4.98 Å². The molecular formula is C15H22ClN3O2. The summed E-state index contributed by atoms with van der Waals surface area (Å²) >= 11 is 6.41. The molecule has 3 heterocycles. The normalized spacial score (nSPS) is 25.3. The van der Waals surface area contributed by atoms with E-state index in [0.29, 0.717) is 11.6 Å². The molecule has 0 radical (unpaired) electrons. The first-order valence-electron chi connectivity index (χ1n) is 7.45. The second-order valence-electron chi connectivity index (χ2n) is 6.04. The van der Waals surface area contributed by atoms with Gasteiger partial charge in [-0.2, -0.15) is 0 Å². The Morgan fingerprint density at radius 1 is 1.43 bits per heavy atom. The average Bonchev–Trinajstić information content (AvgIpc) is 2.79. The van der Waals surface area contributed by atoms with Crippen LogP contribution in [0.3, 0.4) is 0 Å². The quantitative estimate of drug-likeness (QED) is 0.923. The molecule has 2 aliphatic rings. The summed E-state index contributed by atoms with van der Waals surface area (Å²) in [5.41, 5.74) is 1.09. The van der Waals surface area contributed by atoms with Crippen LogP contribution in [-0.2, 0) is 15.9 Å². The molecule has 1 aromatic rings. The SMILES string of the molecule is CC1(C)OC[C@@H](Cc2cnc(N3CCNCC3)c(Cl)c2)O1. The van der Waals surface area contributed by atoms with Crippen molar-refractivity contribution in [3.63, 3.8) is 0 Å². The van der Waals surface area contributed by atoms with Gasteiger partial charge in [0, 0.05) is 38.8 Å². The predicted octanol–water partition coefficient (Wildman–Crippen LogP) is 1.84. The van der Waals surface area contributed by atoms with Crippen molar-refractivity contribution in [1.29, 1.82) is 0 Å². The molecule has 0 amide bonds. The first-order valence-corrected chi connectivity index (χ1v) is 7.83. The summed E-state index contributed by atoms with van der Waals surface area (Å²) in [4.78, 5) is 6.77. The van der Waals surface area contributed by atoms with E-state index >= 15 is 0 Å². The zero-order valence-electron chi connectivity index (χ0n) is 12.6. The van der Waals surface area contributed by atoms with E-state index in [4.69, 9.17) is 21.1 Å². The maximum atomic E-state index is 6.41. The number of nitrogens with one attached hydrogen (secondary N) is 1. The van der Waals surface area contributed by atoms with Crippen molar-refractivity contribution in [3.8, 4) is 0 Å². The van der Waals surface area contributed by atoms with Gasteiger partial charge in [-0.05, 0) is 25.5 Å². The second kappa shape index (κ2) is 6.08. The van der Waals surface area contributed by atoms with Crippen LogP contribution in [0.2, 0.25) is 5.02 Å². The molecule has 5 nitrogen and oxygen atoms in total. The van der Waals surface area contributed by atoms with Gasteiger partial charge in [0.1, 0.15) is 5.82 Å². The van der Waals surface area contributed by atoms with Gasteiger partial charge in [-0.1, -0.05) is 11.6 Å². The van der Waals surface area contributed by atoms with Gasteiger partial charge >= 0.3 is 0 Å². The number of anilines is 1. The van der Waals surface area contributed by atoms with Crippen LogP contribution in [0.4, 0.5) is 5.82 Å². The molecule has 0 bridgehead atoms. The van der Waals surface area contributed by atoms with E-state index in [1.807, 2.05) is 26.1 Å². The lowest BCUT2D eigenvalue weighted by Gasteiger charge is -2.29. The molecule has 0 spiro atoms. The van der Waals surface area contributed by atoms with Gasteiger partial charge in [-0.3, -0.25) is 0 Å². The van der Waals surface area contributed by atoms with Crippen LogP contribution in [-0.4, -0.2) is 49.7 Å². The smallest absolute Gasteiger partial charge is 0.163 e. The van der Waals surface area contributed by atoms with Crippen molar-refractivity contribution < 1.29 is 9.47 Å². The number of aromatic nitrogens is 1. The minimum absolute atomic E-state index is 0.0721. The Kier molecular flexibility index (Phi) is 4.36. The molecule has 1 atom stereocenters. The first kappa shape index (κ1) is 15.0. The Morgan fingerprint density at radius 2 is 2.19 bits per heavy atom. The van der Waals surface area contributed by atoms with E-state index in [9.17, 15) is 0 Å². The summed E-state index contributed by atoms with van der Waals surface area (Å²) in [7, 11) is 0. The molecule has 0 aliphatic carbocycles. The largest absolute Gasteiger partial charge is 0.353 e. The molecule has 0 unspecified atom stereocenters. The van der Waals surface area contributed by atoms with Crippen molar-refractivity contribution in [2.45, 2.75) is 32.2 Å². The van der Waals surface area contributed by atoms with E-state index in [-0.39, 0.29) is 6.10 Å². The van der Waals surface area contributed by atoms with Gasteiger partial charge in [0.2, 0.25) is 0 Å². The molecule has 2 aliphatic heterocycles. The highest BCUT2D eigenvalue weighted by Gasteiger charge is 2.32. The number of hydrogen-bond acceptors (Lipinski definition) is 5. The van der Waals surface area contributed by atoms with E-state index in [2.05, 4.69) is 15.2 Å². The summed E-state index contributed by atoms with van der Waals surface area (Å²) in [6.07, 6.45) is 2.75. The monoisotopic (exact) mass is 311 g/mol. The molecule has 2 saturated heterocycles. The van der Waals surface area contributed by atoms with Crippen molar-refractivity contribution in [2.24, 2.45) is 0 Å². The molecule has 0 saturated carbocycles. The molecule has 1 N–H and O–H groups in total. The molecular weight excluding hydrogens is 290 g/mol. The minimum Gasteiger partial charge on any atom is -0.353 e. The van der Waals surface area contributed by atoms with Crippen LogP contribution >= 0.6 is 11.6 Å². The number of pyridine rings is 1. The summed E-state index contributed by atoms with van der Waals surface area (Å²) in [6, 6.07) is 2.00. The highest BCUT2D eigenvalue weighted by molar-refractivity contribution is 6.33. The predicted molar refractivity (Wildman–Crippen MR) is 82.9 cm³/mol. The van der Waals surface area contributed by atoms with E-state index in [1.165, 1.54) is 0 Å². The summed E-state index contributed by atoms with van der Waals surface area (Å²) in [5, 5.41) is 4.04. The number of halogens is 1. The Morgan fingerprint density at radius 3 is 2.81 bits per heavy atom. The molecule has 2 fully saturated rings. The topological polar surface area (TPSA) is 46.6 Å². The zero-order valence-corrected chi connectivity index (χ0v) is 13.3. The van der Waals surface area contributed by atoms with Crippen LogP contribution in [0.1, 0.15) is 19.4 Å². The van der Waals surface area contributed by atoms with Crippen molar-refractivity contribution in [2.75, 3.05) is 37.7 Å². The molecule has 21 heavy (non-hydrogen) atoms. The lowest BCUT2D eigenvalue weighted by molar-refractivity contribution is -0.138. The number of piperazine rings is 1. The second-order valence-corrected chi connectivity index (χ2v) is 6.45. The molecule has 6 heteroatoms. The third-order valence-corrected chi connectivity index (χ3v) is 4.10. The van der Waals surface area contributed by atoms with Crippen molar-refractivity contribution in [1.82, 2.24) is 10.3 Å². The fourth-order valence-electron chi connectivity index (χ4n) is 2.82. The highest BCUT2D eigenvalue weighted by Crippen LogP contribution is 2.28. The third kappa shape index (κ3) is 3.66. The van der Waals surface area contributed by atoms with Crippen LogP contribution < -0.4 is 10.2 Å².